The van der Waals surface area contributed by atoms with Crippen molar-refractivity contribution >= 4 is 46.0 Å². The molecule has 0 aliphatic carbocycles. The average Bonchev–Trinajstić information content (AvgIpc) is 3.54. The van der Waals surface area contributed by atoms with Crippen molar-refractivity contribution < 1.29 is 23.8 Å². The van der Waals surface area contributed by atoms with Gasteiger partial charge in [-0.2, -0.15) is 0 Å². The number of ketones is 1. The number of benzene rings is 3. The monoisotopic (exact) mass is 573 g/mol. The van der Waals surface area contributed by atoms with Crippen LogP contribution in [0, 0.1) is 5.82 Å². The summed E-state index contributed by atoms with van der Waals surface area (Å²) in [6, 6.07) is 21.6. The van der Waals surface area contributed by atoms with Crippen LogP contribution in [0.15, 0.2) is 101 Å². The number of nitrogens with zero attached hydrogens (tertiary/aromatic N) is 3. The molecule has 0 spiro atoms. The second kappa shape index (κ2) is 12.3. The molecule has 0 saturated carbocycles. The van der Waals surface area contributed by atoms with Gasteiger partial charge in [0, 0.05) is 5.75 Å². The van der Waals surface area contributed by atoms with Gasteiger partial charge in [-0.15, -0.1) is 10.2 Å². The Morgan fingerprint density at radius 2 is 1.88 bits per heavy atom. The standard InChI is InChI=1S/C30H24FN3O4S2/c1-2-38-23-10-6-9-21(17-23)26-25(24(35)16-13-19-7-4-3-5-8-19)27(36)28(37)34(26)29-32-33-30(40-29)39-18-20-11-14-22(31)15-12-20/h3-17,26,36H,2,18H2,1H3/b16-13+. The van der Waals surface area contributed by atoms with Crippen LogP contribution in [0.3, 0.4) is 0 Å². The highest BCUT2D eigenvalue weighted by Gasteiger charge is 2.45. The highest BCUT2D eigenvalue weighted by Crippen LogP contribution is 2.44. The number of halogens is 1. The van der Waals surface area contributed by atoms with Crippen molar-refractivity contribution in [3.63, 3.8) is 0 Å². The fourth-order valence-electron chi connectivity index (χ4n) is 4.22. The van der Waals surface area contributed by atoms with Crippen LogP contribution in [0.2, 0.25) is 0 Å². The molecule has 1 atom stereocenters. The smallest absolute Gasteiger partial charge is 0.296 e. The normalized spacial score (nSPS) is 15.3. The van der Waals surface area contributed by atoms with Gasteiger partial charge in [-0.25, -0.2) is 4.39 Å². The number of carbonyl (C=O) groups is 2. The Bertz CT molecular complexity index is 1590. The van der Waals surface area contributed by atoms with Gasteiger partial charge in [0.15, 0.2) is 15.9 Å². The molecule has 0 radical (unpaired) electrons. The average molecular weight is 574 g/mol. The van der Waals surface area contributed by atoms with Crippen molar-refractivity contribution in [2.24, 2.45) is 0 Å². The first-order valence-electron chi connectivity index (χ1n) is 12.4. The molecule has 4 aromatic rings. The second-order valence-corrected chi connectivity index (χ2v) is 10.9. The molecular formula is C30H24FN3O4S2. The number of aliphatic hydroxyl groups is 1. The summed E-state index contributed by atoms with van der Waals surface area (Å²) in [4.78, 5) is 28.2. The lowest BCUT2D eigenvalue weighted by Crippen LogP contribution is -2.30. The molecule has 1 unspecified atom stereocenters. The summed E-state index contributed by atoms with van der Waals surface area (Å²) in [5.41, 5.74) is 2.24. The third kappa shape index (κ3) is 5.98. The van der Waals surface area contributed by atoms with E-state index in [2.05, 4.69) is 10.2 Å². The Kier molecular flexibility index (Phi) is 8.37. The largest absolute Gasteiger partial charge is 0.503 e. The fourth-order valence-corrected chi connectivity index (χ4v) is 6.04. The molecule has 7 nitrogen and oxygen atoms in total. The van der Waals surface area contributed by atoms with Crippen molar-refractivity contribution in [1.29, 1.82) is 0 Å². The number of carbonyl (C=O) groups excluding carboxylic acids is 2. The van der Waals surface area contributed by atoms with Crippen molar-refractivity contribution in [3.05, 3.63) is 119 Å². The molecule has 1 aromatic heterocycles. The number of rotatable bonds is 10. The van der Waals surface area contributed by atoms with E-state index < -0.39 is 23.5 Å². The molecule has 0 saturated heterocycles. The van der Waals surface area contributed by atoms with Crippen LogP contribution >= 0.6 is 23.1 Å². The molecule has 202 valence electrons. The number of hydrogen-bond acceptors (Lipinski definition) is 8. The number of ether oxygens (including phenoxy) is 1. The van der Waals surface area contributed by atoms with Gasteiger partial charge < -0.3 is 9.84 Å². The van der Waals surface area contributed by atoms with E-state index in [1.165, 1.54) is 46.2 Å². The van der Waals surface area contributed by atoms with Crippen LogP contribution in [0.25, 0.3) is 6.08 Å². The molecule has 10 heteroatoms. The maximum Gasteiger partial charge on any atom is 0.296 e. The molecule has 5 rings (SSSR count). The zero-order valence-corrected chi connectivity index (χ0v) is 23.0. The fraction of sp³-hybridized carbons (Fsp3) is 0.133. The van der Waals surface area contributed by atoms with Crippen LogP contribution < -0.4 is 9.64 Å². The Balaban J connectivity index is 1.47. The third-order valence-electron chi connectivity index (χ3n) is 6.06. The predicted molar refractivity (Wildman–Crippen MR) is 154 cm³/mol. The van der Waals surface area contributed by atoms with Crippen LogP contribution in [0.4, 0.5) is 9.52 Å². The lowest BCUT2D eigenvalue weighted by atomic mass is 9.95. The van der Waals surface area contributed by atoms with Crippen LogP contribution in [-0.4, -0.2) is 33.6 Å². The number of amides is 1. The van der Waals surface area contributed by atoms with E-state index in [1.54, 1.807) is 42.5 Å². The minimum Gasteiger partial charge on any atom is -0.503 e. The van der Waals surface area contributed by atoms with Crippen molar-refractivity contribution in [2.75, 3.05) is 11.5 Å². The first-order valence-corrected chi connectivity index (χ1v) is 14.2. The van der Waals surface area contributed by atoms with Crippen molar-refractivity contribution in [2.45, 2.75) is 23.1 Å². The van der Waals surface area contributed by atoms with E-state index in [0.29, 0.717) is 28.0 Å². The van der Waals surface area contributed by atoms with Gasteiger partial charge in [0.2, 0.25) is 5.13 Å². The predicted octanol–water partition coefficient (Wildman–Crippen LogP) is 6.55. The molecule has 0 fully saturated rings. The topological polar surface area (TPSA) is 92.6 Å². The van der Waals surface area contributed by atoms with E-state index in [9.17, 15) is 19.1 Å². The molecular weight excluding hydrogens is 549 g/mol. The summed E-state index contributed by atoms with van der Waals surface area (Å²) >= 11 is 2.56. The molecule has 1 N–H and O–H groups in total. The Hall–Kier alpha value is -4.28. The summed E-state index contributed by atoms with van der Waals surface area (Å²) in [5.74, 6) is -1.09. The summed E-state index contributed by atoms with van der Waals surface area (Å²) in [7, 11) is 0. The van der Waals surface area contributed by atoms with Crippen molar-refractivity contribution in [3.8, 4) is 5.75 Å². The van der Waals surface area contributed by atoms with Gasteiger partial charge in [0.05, 0.1) is 18.2 Å². The van der Waals surface area contributed by atoms with E-state index in [0.717, 1.165) is 11.1 Å². The molecule has 3 aromatic carbocycles. The lowest BCUT2D eigenvalue weighted by molar-refractivity contribution is -0.117. The molecule has 1 amide bonds. The summed E-state index contributed by atoms with van der Waals surface area (Å²) in [6.07, 6.45) is 2.99. The molecule has 1 aliphatic heterocycles. The number of anilines is 1. The van der Waals surface area contributed by atoms with Gasteiger partial charge in [0.1, 0.15) is 11.6 Å². The number of aliphatic hydroxyl groups excluding tert-OH is 1. The van der Waals surface area contributed by atoms with Crippen LogP contribution in [-0.2, 0) is 15.3 Å². The number of allylic oxidation sites excluding steroid dienone is 1. The number of aromatic nitrogens is 2. The van der Waals surface area contributed by atoms with Crippen LogP contribution in [0.1, 0.15) is 29.7 Å². The van der Waals surface area contributed by atoms with Gasteiger partial charge in [-0.3, -0.25) is 14.5 Å². The first kappa shape index (κ1) is 27.3. The maximum atomic E-state index is 13.5. The van der Waals surface area contributed by atoms with Gasteiger partial charge in [-0.1, -0.05) is 83.8 Å². The molecule has 2 heterocycles. The number of thioether (sulfide) groups is 1. The third-order valence-corrected chi connectivity index (χ3v) is 8.19. The second-order valence-electron chi connectivity index (χ2n) is 8.72. The van der Waals surface area contributed by atoms with Gasteiger partial charge >= 0.3 is 0 Å². The zero-order chi connectivity index (χ0) is 28.1. The van der Waals surface area contributed by atoms with Crippen LogP contribution in [0.5, 0.6) is 5.75 Å². The van der Waals surface area contributed by atoms with E-state index in [1.807, 2.05) is 37.3 Å². The SMILES string of the molecule is CCOc1cccc(C2C(C(=O)/C=C/c3ccccc3)=C(O)C(=O)N2c2nnc(SCc3ccc(F)cc3)s2)c1. The minimum absolute atomic E-state index is 0.0541. The lowest BCUT2D eigenvalue weighted by Gasteiger charge is -2.24. The van der Waals surface area contributed by atoms with Gasteiger partial charge in [-0.05, 0) is 54.0 Å². The summed E-state index contributed by atoms with van der Waals surface area (Å²) in [5, 5.41) is 19.6. The van der Waals surface area contributed by atoms with E-state index >= 15 is 0 Å². The van der Waals surface area contributed by atoms with Gasteiger partial charge in [0.25, 0.3) is 5.91 Å². The Morgan fingerprint density at radius 3 is 2.62 bits per heavy atom. The minimum atomic E-state index is -0.941. The van der Waals surface area contributed by atoms with Crippen molar-refractivity contribution in [1.82, 2.24) is 10.2 Å². The highest BCUT2D eigenvalue weighted by molar-refractivity contribution is 8.00. The Labute approximate surface area is 238 Å². The molecule has 0 bridgehead atoms. The Morgan fingerprint density at radius 1 is 1.10 bits per heavy atom. The molecule has 40 heavy (non-hydrogen) atoms. The zero-order valence-electron chi connectivity index (χ0n) is 21.4. The highest BCUT2D eigenvalue weighted by atomic mass is 32.2. The summed E-state index contributed by atoms with van der Waals surface area (Å²) < 4.78 is 19.5. The summed E-state index contributed by atoms with van der Waals surface area (Å²) in [6.45, 7) is 2.30. The molecule has 1 aliphatic rings. The first-order chi connectivity index (χ1) is 19.4. The van der Waals surface area contributed by atoms with E-state index in [4.69, 9.17) is 4.74 Å². The quantitative estimate of drug-likeness (QED) is 0.131. The van der Waals surface area contributed by atoms with E-state index in [-0.39, 0.29) is 16.5 Å². The maximum absolute atomic E-state index is 13.5. The number of hydrogen-bond donors (Lipinski definition) is 1.